The standard InChI is InChI=1S/C12H10N4/c1-9-4-12(8-14-7-9)16-10-2-3-15-11(5-10)6-13/h2-5,7-8H,1H3,(H,15,16). The first-order valence-electron chi connectivity index (χ1n) is 4.83. The molecule has 0 saturated heterocycles. The Hall–Kier alpha value is -2.41. The van der Waals surface area contributed by atoms with Crippen LogP contribution in [0.15, 0.2) is 36.8 Å². The van der Waals surface area contributed by atoms with Crippen LogP contribution in [0.5, 0.6) is 0 Å². The molecule has 0 aliphatic heterocycles. The summed E-state index contributed by atoms with van der Waals surface area (Å²) in [5, 5.41) is 11.9. The Morgan fingerprint density at radius 2 is 2.12 bits per heavy atom. The van der Waals surface area contributed by atoms with Crippen molar-refractivity contribution < 1.29 is 0 Å². The minimum absolute atomic E-state index is 0.394. The first-order chi connectivity index (χ1) is 7.78. The number of nitriles is 1. The van der Waals surface area contributed by atoms with Crippen LogP contribution in [0.3, 0.4) is 0 Å². The average molecular weight is 210 g/mol. The van der Waals surface area contributed by atoms with Gasteiger partial charge >= 0.3 is 0 Å². The van der Waals surface area contributed by atoms with E-state index in [0.717, 1.165) is 16.9 Å². The minimum atomic E-state index is 0.394. The average Bonchev–Trinajstić information content (AvgIpc) is 2.29. The predicted octanol–water partition coefficient (Wildman–Crippen LogP) is 2.40. The second-order valence-electron chi connectivity index (χ2n) is 3.42. The predicted molar refractivity (Wildman–Crippen MR) is 61.2 cm³/mol. The maximum Gasteiger partial charge on any atom is 0.142 e. The Kier molecular flexibility index (Phi) is 2.79. The molecule has 0 spiro atoms. The molecule has 0 fully saturated rings. The summed E-state index contributed by atoms with van der Waals surface area (Å²) < 4.78 is 0. The monoisotopic (exact) mass is 210 g/mol. The molecule has 78 valence electrons. The SMILES string of the molecule is Cc1cncc(Nc2ccnc(C#N)c2)c1. The third-order valence-corrected chi connectivity index (χ3v) is 2.04. The smallest absolute Gasteiger partial charge is 0.142 e. The molecule has 1 N–H and O–H groups in total. The number of hydrogen-bond acceptors (Lipinski definition) is 4. The molecule has 0 saturated carbocycles. The molecule has 0 atom stereocenters. The van der Waals surface area contributed by atoms with Crippen LogP contribution in [-0.4, -0.2) is 9.97 Å². The molecular formula is C12H10N4. The normalized spacial score (nSPS) is 9.50. The van der Waals surface area contributed by atoms with Crippen molar-refractivity contribution >= 4 is 11.4 Å². The van der Waals surface area contributed by atoms with Gasteiger partial charge in [-0.25, -0.2) is 4.98 Å². The molecule has 4 heteroatoms. The van der Waals surface area contributed by atoms with Crippen LogP contribution in [0.1, 0.15) is 11.3 Å². The van der Waals surface area contributed by atoms with Gasteiger partial charge in [0, 0.05) is 18.1 Å². The summed E-state index contributed by atoms with van der Waals surface area (Å²) in [5.41, 5.74) is 3.21. The van der Waals surface area contributed by atoms with E-state index in [1.54, 1.807) is 24.7 Å². The molecule has 0 aliphatic rings. The van der Waals surface area contributed by atoms with Gasteiger partial charge in [-0.05, 0) is 30.7 Å². The van der Waals surface area contributed by atoms with Crippen LogP contribution in [0.2, 0.25) is 0 Å². The molecule has 0 unspecified atom stereocenters. The highest BCUT2D eigenvalue weighted by molar-refractivity contribution is 5.59. The summed E-state index contributed by atoms with van der Waals surface area (Å²) >= 11 is 0. The van der Waals surface area contributed by atoms with Crippen molar-refractivity contribution in [1.29, 1.82) is 5.26 Å². The fraction of sp³-hybridized carbons (Fsp3) is 0.0833. The number of rotatable bonds is 2. The maximum atomic E-state index is 8.72. The second-order valence-corrected chi connectivity index (χ2v) is 3.42. The van der Waals surface area contributed by atoms with Gasteiger partial charge in [-0.1, -0.05) is 0 Å². The number of anilines is 2. The van der Waals surface area contributed by atoms with Crippen LogP contribution in [0, 0.1) is 18.3 Å². The van der Waals surface area contributed by atoms with E-state index in [0.29, 0.717) is 5.69 Å². The van der Waals surface area contributed by atoms with E-state index in [4.69, 9.17) is 5.26 Å². The second kappa shape index (κ2) is 4.41. The molecular weight excluding hydrogens is 200 g/mol. The Morgan fingerprint density at radius 1 is 1.25 bits per heavy atom. The quantitative estimate of drug-likeness (QED) is 0.826. The molecule has 0 amide bonds. The lowest BCUT2D eigenvalue weighted by atomic mass is 10.2. The largest absolute Gasteiger partial charge is 0.354 e. The fourth-order valence-electron chi connectivity index (χ4n) is 1.36. The molecule has 0 radical (unpaired) electrons. The van der Waals surface area contributed by atoms with Gasteiger partial charge in [0.15, 0.2) is 0 Å². The summed E-state index contributed by atoms with van der Waals surface area (Å²) in [6.45, 7) is 1.98. The van der Waals surface area contributed by atoms with E-state index in [9.17, 15) is 0 Å². The molecule has 2 rings (SSSR count). The van der Waals surface area contributed by atoms with Crippen LogP contribution in [0.4, 0.5) is 11.4 Å². The van der Waals surface area contributed by atoms with Gasteiger partial charge in [0.05, 0.1) is 11.9 Å². The molecule has 0 aromatic carbocycles. The maximum absolute atomic E-state index is 8.72. The molecule has 16 heavy (non-hydrogen) atoms. The fourth-order valence-corrected chi connectivity index (χ4v) is 1.36. The zero-order chi connectivity index (χ0) is 11.4. The number of pyridine rings is 2. The number of aromatic nitrogens is 2. The van der Waals surface area contributed by atoms with Gasteiger partial charge in [0.25, 0.3) is 0 Å². The first-order valence-corrected chi connectivity index (χ1v) is 4.83. The highest BCUT2D eigenvalue weighted by Crippen LogP contribution is 2.16. The number of nitrogens with one attached hydrogen (secondary N) is 1. The summed E-state index contributed by atoms with van der Waals surface area (Å²) in [6, 6.07) is 7.49. The van der Waals surface area contributed by atoms with E-state index >= 15 is 0 Å². The van der Waals surface area contributed by atoms with E-state index in [-0.39, 0.29) is 0 Å². The van der Waals surface area contributed by atoms with Gasteiger partial charge in [-0.2, -0.15) is 5.26 Å². The third kappa shape index (κ3) is 2.34. The Balaban J connectivity index is 2.24. The molecule has 2 aromatic heterocycles. The zero-order valence-electron chi connectivity index (χ0n) is 8.81. The number of nitrogens with zero attached hydrogens (tertiary/aromatic N) is 3. The van der Waals surface area contributed by atoms with Gasteiger partial charge in [-0.15, -0.1) is 0 Å². The molecule has 4 nitrogen and oxygen atoms in total. The topological polar surface area (TPSA) is 61.6 Å². The third-order valence-electron chi connectivity index (χ3n) is 2.04. The van der Waals surface area contributed by atoms with Crippen LogP contribution >= 0.6 is 0 Å². The lowest BCUT2D eigenvalue weighted by molar-refractivity contribution is 1.25. The lowest BCUT2D eigenvalue weighted by Crippen LogP contribution is -1.93. The van der Waals surface area contributed by atoms with Crippen molar-refractivity contribution in [3.63, 3.8) is 0 Å². The molecule has 2 heterocycles. The van der Waals surface area contributed by atoms with E-state index < -0.39 is 0 Å². The van der Waals surface area contributed by atoms with Crippen molar-refractivity contribution in [3.05, 3.63) is 48.0 Å². The molecule has 0 aliphatic carbocycles. The van der Waals surface area contributed by atoms with Crippen LogP contribution in [0.25, 0.3) is 0 Å². The van der Waals surface area contributed by atoms with Gasteiger partial charge in [0.2, 0.25) is 0 Å². The minimum Gasteiger partial charge on any atom is -0.354 e. The Morgan fingerprint density at radius 3 is 2.88 bits per heavy atom. The van der Waals surface area contributed by atoms with E-state index in [1.165, 1.54) is 0 Å². The highest BCUT2D eigenvalue weighted by atomic mass is 14.9. The first kappa shape index (κ1) is 10.1. The Bertz CT molecular complexity index is 543. The van der Waals surface area contributed by atoms with Crippen molar-refractivity contribution in [2.24, 2.45) is 0 Å². The van der Waals surface area contributed by atoms with Crippen LogP contribution < -0.4 is 5.32 Å². The zero-order valence-corrected chi connectivity index (χ0v) is 8.81. The van der Waals surface area contributed by atoms with Gasteiger partial charge in [-0.3, -0.25) is 4.98 Å². The van der Waals surface area contributed by atoms with Gasteiger partial charge in [0.1, 0.15) is 11.8 Å². The van der Waals surface area contributed by atoms with Gasteiger partial charge < -0.3 is 5.32 Å². The Labute approximate surface area is 93.6 Å². The summed E-state index contributed by atoms with van der Waals surface area (Å²) in [7, 11) is 0. The summed E-state index contributed by atoms with van der Waals surface area (Å²) in [5.74, 6) is 0. The van der Waals surface area contributed by atoms with E-state index in [1.807, 2.05) is 25.1 Å². The number of hydrogen-bond donors (Lipinski definition) is 1. The van der Waals surface area contributed by atoms with Crippen molar-refractivity contribution in [2.75, 3.05) is 5.32 Å². The van der Waals surface area contributed by atoms with Crippen molar-refractivity contribution in [3.8, 4) is 6.07 Å². The summed E-state index contributed by atoms with van der Waals surface area (Å²) in [4.78, 5) is 7.98. The lowest BCUT2D eigenvalue weighted by Gasteiger charge is -2.06. The van der Waals surface area contributed by atoms with Crippen LogP contribution in [-0.2, 0) is 0 Å². The molecule has 2 aromatic rings. The van der Waals surface area contributed by atoms with Crippen molar-refractivity contribution in [1.82, 2.24) is 9.97 Å². The van der Waals surface area contributed by atoms with E-state index in [2.05, 4.69) is 15.3 Å². The highest BCUT2D eigenvalue weighted by Gasteiger charge is 1.97. The summed E-state index contributed by atoms with van der Waals surface area (Å²) in [6.07, 6.45) is 5.13. The number of aryl methyl sites for hydroxylation is 1. The van der Waals surface area contributed by atoms with Crippen molar-refractivity contribution in [2.45, 2.75) is 6.92 Å². The molecule has 0 bridgehead atoms.